The van der Waals surface area contributed by atoms with E-state index >= 15 is 0 Å². The van der Waals surface area contributed by atoms with E-state index < -0.39 is 15.9 Å². The molecule has 3 aromatic rings. The van der Waals surface area contributed by atoms with E-state index in [0.717, 1.165) is 16.8 Å². The number of aliphatic hydroxyl groups is 1. The molecule has 1 heterocycles. The quantitative estimate of drug-likeness (QED) is 0.536. The second kappa shape index (κ2) is 8.81. The van der Waals surface area contributed by atoms with Crippen LogP contribution in [0.4, 0.5) is 17.5 Å². The van der Waals surface area contributed by atoms with Crippen LogP contribution >= 0.6 is 0 Å². The molecule has 1 atom stereocenters. The van der Waals surface area contributed by atoms with Gasteiger partial charge in [0, 0.05) is 24.7 Å². The molecule has 0 bridgehead atoms. The van der Waals surface area contributed by atoms with E-state index in [1.807, 2.05) is 30.3 Å². The first-order chi connectivity index (χ1) is 13.4. The summed E-state index contributed by atoms with van der Waals surface area (Å²) in [7, 11) is -3.06. The van der Waals surface area contributed by atoms with Gasteiger partial charge in [-0.2, -0.15) is 4.98 Å². The van der Waals surface area contributed by atoms with Gasteiger partial charge in [0.2, 0.25) is 5.95 Å². The van der Waals surface area contributed by atoms with Crippen molar-refractivity contribution in [2.75, 3.05) is 23.4 Å². The lowest BCUT2D eigenvalue weighted by Crippen LogP contribution is -2.13. The number of benzene rings is 2. The van der Waals surface area contributed by atoms with E-state index in [1.54, 1.807) is 36.5 Å². The van der Waals surface area contributed by atoms with Gasteiger partial charge < -0.3 is 15.7 Å². The predicted molar refractivity (Wildman–Crippen MR) is 110 cm³/mol. The number of hydrogen-bond acceptors (Lipinski definition) is 7. The number of aliphatic hydroxyl groups excluding tert-OH is 1. The average Bonchev–Trinajstić information content (AvgIpc) is 2.67. The fraction of sp³-hybridized carbons (Fsp3) is 0.200. The Morgan fingerprint density at radius 1 is 1.04 bits per heavy atom. The van der Waals surface area contributed by atoms with Crippen molar-refractivity contribution in [3.05, 3.63) is 78.0 Å². The summed E-state index contributed by atoms with van der Waals surface area (Å²) in [5, 5.41) is 16.4. The molecule has 0 saturated heterocycles. The van der Waals surface area contributed by atoms with Crippen molar-refractivity contribution in [3.8, 4) is 0 Å². The lowest BCUT2D eigenvalue weighted by molar-refractivity contribution is 0.191. The van der Waals surface area contributed by atoms with Crippen molar-refractivity contribution >= 4 is 27.3 Å². The summed E-state index contributed by atoms with van der Waals surface area (Å²) in [5.74, 6) is 0.990. The fourth-order valence-electron chi connectivity index (χ4n) is 2.63. The third-order valence-corrected chi connectivity index (χ3v) is 4.81. The zero-order valence-electron chi connectivity index (χ0n) is 15.4. The molecule has 3 rings (SSSR count). The maximum absolute atomic E-state index is 11.4. The molecule has 0 fully saturated rings. The minimum Gasteiger partial charge on any atom is -0.387 e. The molecule has 7 nitrogen and oxygen atoms in total. The Labute approximate surface area is 164 Å². The van der Waals surface area contributed by atoms with Crippen LogP contribution in [-0.2, 0) is 15.6 Å². The molecule has 3 N–H and O–H groups in total. The van der Waals surface area contributed by atoms with Gasteiger partial charge in [0.15, 0.2) is 9.84 Å². The summed E-state index contributed by atoms with van der Waals surface area (Å²) in [6, 6.07) is 18.2. The summed E-state index contributed by atoms with van der Waals surface area (Å²) < 4.78 is 22.7. The highest BCUT2D eigenvalue weighted by molar-refractivity contribution is 7.89. The van der Waals surface area contributed by atoms with Crippen LogP contribution in [0, 0.1) is 0 Å². The van der Waals surface area contributed by atoms with Gasteiger partial charge in [0.05, 0.1) is 11.9 Å². The lowest BCUT2D eigenvalue weighted by atomic mass is 10.1. The maximum atomic E-state index is 11.4. The smallest absolute Gasteiger partial charge is 0.229 e. The molecule has 146 valence electrons. The highest BCUT2D eigenvalue weighted by Gasteiger charge is 2.08. The molecule has 0 spiro atoms. The third kappa shape index (κ3) is 6.04. The molecule has 0 aliphatic rings. The van der Waals surface area contributed by atoms with Gasteiger partial charge in [0.25, 0.3) is 0 Å². The molecular formula is C20H22N4O3S. The molecule has 2 aromatic carbocycles. The SMILES string of the molecule is CS(=O)(=O)Cc1ccc(Nc2nccc(NCC(O)c3ccccc3)n2)cc1. The summed E-state index contributed by atoms with van der Waals surface area (Å²) in [5.41, 5.74) is 2.30. The van der Waals surface area contributed by atoms with Gasteiger partial charge in [-0.1, -0.05) is 42.5 Å². The number of nitrogens with zero attached hydrogens (tertiary/aromatic N) is 2. The first-order valence-electron chi connectivity index (χ1n) is 8.73. The normalized spacial score (nSPS) is 12.4. The second-order valence-electron chi connectivity index (χ2n) is 6.46. The molecule has 1 aromatic heterocycles. The van der Waals surface area contributed by atoms with Crippen LogP contribution in [0.15, 0.2) is 66.9 Å². The van der Waals surface area contributed by atoms with Crippen molar-refractivity contribution in [2.24, 2.45) is 0 Å². The van der Waals surface area contributed by atoms with E-state index in [0.29, 0.717) is 18.3 Å². The van der Waals surface area contributed by atoms with Gasteiger partial charge in [-0.3, -0.25) is 0 Å². The number of hydrogen-bond donors (Lipinski definition) is 3. The van der Waals surface area contributed by atoms with Crippen molar-refractivity contribution in [3.63, 3.8) is 0 Å². The number of nitrogens with one attached hydrogen (secondary N) is 2. The van der Waals surface area contributed by atoms with Crippen LogP contribution in [-0.4, -0.2) is 36.3 Å². The molecule has 0 aliphatic carbocycles. The maximum Gasteiger partial charge on any atom is 0.229 e. The zero-order chi connectivity index (χ0) is 20.0. The molecule has 0 saturated carbocycles. The molecule has 0 amide bonds. The topological polar surface area (TPSA) is 104 Å². The number of anilines is 3. The summed E-state index contributed by atoms with van der Waals surface area (Å²) >= 11 is 0. The van der Waals surface area contributed by atoms with Gasteiger partial charge in [0.1, 0.15) is 5.82 Å². The van der Waals surface area contributed by atoms with Crippen LogP contribution < -0.4 is 10.6 Å². The minimum atomic E-state index is -3.06. The van der Waals surface area contributed by atoms with Crippen molar-refractivity contribution < 1.29 is 13.5 Å². The van der Waals surface area contributed by atoms with Crippen molar-refractivity contribution in [2.45, 2.75) is 11.9 Å². The Balaban J connectivity index is 1.60. The Bertz CT molecular complexity index is 1010. The van der Waals surface area contributed by atoms with Gasteiger partial charge in [-0.15, -0.1) is 0 Å². The first-order valence-corrected chi connectivity index (χ1v) is 10.8. The van der Waals surface area contributed by atoms with E-state index in [1.165, 1.54) is 6.26 Å². The van der Waals surface area contributed by atoms with Crippen LogP contribution in [0.2, 0.25) is 0 Å². The summed E-state index contributed by atoms with van der Waals surface area (Å²) in [4.78, 5) is 8.56. The van der Waals surface area contributed by atoms with E-state index in [2.05, 4.69) is 20.6 Å². The Hall–Kier alpha value is -2.97. The summed E-state index contributed by atoms with van der Waals surface area (Å²) in [6.45, 7) is 0.320. The van der Waals surface area contributed by atoms with Crippen LogP contribution in [0.3, 0.4) is 0 Å². The molecule has 1 unspecified atom stereocenters. The standard InChI is InChI=1S/C20H22N4O3S/c1-28(26,27)14-15-7-9-17(10-8-15)23-20-21-12-11-19(24-20)22-13-18(25)16-5-3-2-4-6-16/h2-12,18,25H,13-14H2,1H3,(H2,21,22,23,24). The highest BCUT2D eigenvalue weighted by Crippen LogP contribution is 2.17. The molecule has 28 heavy (non-hydrogen) atoms. The first kappa shape index (κ1) is 19.8. The van der Waals surface area contributed by atoms with Gasteiger partial charge in [-0.05, 0) is 29.3 Å². The van der Waals surface area contributed by atoms with Crippen LogP contribution in [0.25, 0.3) is 0 Å². The van der Waals surface area contributed by atoms with Gasteiger partial charge >= 0.3 is 0 Å². The number of rotatable bonds is 8. The van der Waals surface area contributed by atoms with E-state index in [4.69, 9.17) is 0 Å². The lowest BCUT2D eigenvalue weighted by Gasteiger charge is -2.13. The van der Waals surface area contributed by atoms with Crippen molar-refractivity contribution in [1.29, 1.82) is 0 Å². The van der Waals surface area contributed by atoms with Crippen LogP contribution in [0.5, 0.6) is 0 Å². The minimum absolute atomic E-state index is 0.00687. The van der Waals surface area contributed by atoms with Crippen molar-refractivity contribution in [1.82, 2.24) is 9.97 Å². The Morgan fingerprint density at radius 3 is 2.43 bits per heavy atom. The number of sulfone groups is 1. The highest BCUT2D eigenvalue weighted by atomic mass is 32.2. The Kier molecular flexibility index (Phi) is 6.23. The Morgan fingerprint density at radius 2 is 1.75 bits per heavy atom. The van der Waals surface area contributed by atoms with Gasteiger partial charge in [-0.25, -0.2) is 13.4 Å². The predicted octanol–water partition coefficient (Wildman–Crippen LogP) is 2.91. The molecule has 0 radical (unpaired) electrons. The summed E-state index contributed by atoms with van der Waals surface area (Å²) in [6.07, 6.45) is 2.18. The second-order valence-corrected chi connectivity index (χ2v) is 8.61. The molecule has 0 aliphatic heterocycles. The number of aromatic nitrogens is 2. The fourth-order valence-corrected chi connectivity index (χ4v) is 3.43. The largest absolute Gasteiger partial charge is 0.387 e. The van der Waals surface area contributed by atoms with E-state index in [9.17, 15) is 13.5 Å². The zero-order valence-corrected chi connectivity index (χ0v) is 16.2. The molecular weight excluding hydrogens is 376 g/mol. The third-order valence-electron chi connectivity index (χ3n) is 3.96. The van der Waals surface area contributed by atoms with Crippen LogP contribution in [0.1, 0.15) is 17.2 Å². The average molecular weight is 398 g/mol. The van der Waals surface area contributed by atoms with E-state index in [-0.39, 0.29) is 5.75 Å². The molecule has 8 heteroatoms. The monoisotopic (exact) mass is 398 g/mol.